The summed E-state index contributed by atoms with van der Waals surface area (Å²) in [5.41, 5.74) is 6.07. The zero-order valence-corrected chi connectivity index (χ0v) is 13.9. The number of hydrogen-bond donors (Lipinski definition) is 2. The molecule has 1 aromatic carbocycles. The Hall–Kier alpha value is -1.14. The number of nitrogens with one attached hydrogen (secondary N) is 1. The SMILES string of the molecule is Cc1cc(N)cc(S(=O)(=O)NC(C)CCCC(C)C)c1F. The summed E-state index contributed by atoms with van der Waals surface area (Å²) in [5.74, 6) is -0.158. The van der Waals surface area contributed by atoms with Gasteiger partial charge < -0.3 is 5.73 Å². The first-order chi connectivity index (χ1) is 9.63. The van der Waals surface area contributed by atoms with Gasteiger partial charge in [0.15, 0.2) is 0 Å². The highest BCUT2D eigenvalue weighted by Crippen LogP contribution is 2.22. The lowest BCUT2D eigenvalue weighted by Crippen LogP contribution is -2.33. The highest BCUT2D eigenvalue weighted by molar-refractivity contribution is 7.89. The molecule has 1 aromatic rings. The van der Waals surface area contributed by atoms with Gasteiger partial charge in [0.05, 0.1) is 0 Å². The number of rotatable bonds is 7. The van der Waals surface area contributed by atoms with Crippen LogP contribution < -0.4 is 10.5 Å². The smallest absolute Gasteiger partial charge is 0.243 e. The zero-order chi connectivity index (χ0) is 16.2. The van der Waals surface area contributed by atoms with Gasteiger partial charge in [-0.2, -0.15) is 0 Å². The van der Waals surface area contributed by atoms with Gasteiger partial charge in [-0.15, -0.1) is 0 Å². The summed E-state index contributed by atoms with van der Waals surface area (Å²) in [5, 5.41) is 0. The molecule has 21 heavy (non-hydrogen) atoms. The summed E-state index contributed by atoms with van der Waals surface area (Å²) >= 11 is 0. The molecule has 0 radical (unpaired) electrons. The van der Waals surface area contributed by atoms with Gasteiger partial charge in [-0.3, -0.25) is 0 Å². The van der Waals surface area contributed by atoms with Crippen LogP contribution in [0, 0.1) is 18.7 Å². The van der Waals surface area contributed by atoms with Crippen molar-refractivity contribution in [3.05, 3.63) is 23.5 Å². The van der Waals surface area contributed by atoms with Gasteiger partial charge in [0.25, 0.3) is 0 Å². The second-order valence-electron chi connectivity index (χ2n) is 6.00. The van der Waals surface area contributed by atoms with E-state index in [0.29, 0.717) is 5.92 Å². The fourth-order valence-corrected chi connectivity index (χ4v) is 3.64. The van der Waals surface area contributed by atoms with E-state index in [1.165, 1.54) is 13.0 Å². The molecule has 120 valence electrons. The van der Waals surface area contributed by atoms with Crippen molar-refractivity contribution in [1.29, 1.82) is 0 Å². The van der Waals surface area contributed by atoms with Crippen molar-refractivity contribution < 1.29 is 12.8 Å². The number of nitrogen functional groups attached to an aromatic ring is 1. The van der Waals surface area contributed by atoms with Crippen LogP contribution in [0.15, 0.2) is 17.0 Å². The maximum absolute atomic E-state index is 14.0. The molecule has 0 spiro atoms. The van der Waals surface area contributed by atoms with E-state index in [1.54, 1.807) is 6.92 Å². The minimum absolute atomic E-state index is 0.225. The summed E-state index contributed by atoms with van der Waals surface area (Å²) in [6.45, 7) is 7.53. The quantitative estimate of drug-likeness (QED) is 0.759. The zero-order valence-electron chi connectivity index (χ0n) is 13.1. The highest BCUT2D eigenvalue weighted by Gasteiger charge is 2.23. The third-order valence-electron chi connectivity index (χ3n) is 3.31. The molecule has 3 N–H and O–H groups in total. The Bertz CT molecular complexity index is 586. The fourth-order valence-electron chi connectivity index (χ4n) is 2.18. The lowest BCUT2D eigenvalue weighted by Gasteiger charge is -2.16. The molecule has 0 saturated heterocycles. The van der Waals surface area contributed by atoms with Gasteiger partial charge in [-0.05, 0) is 43.9 Å². The average molecular weight is 316 g/mol. The molecule has 1 rings (SSSR count). The van der Waals surface area contributed by atoms with E-state index in [4.69, 9.17) is 5.73 Å². The number of aryl methyl sites for hydroxylation is 1. The predicted octanol–water partition coefficient (Wildman–Crippen LogP) is 3.21. The Morgan fingerprint density at radius 1 is 1.24 bits per heavy atom. The molecule has 0 aliphatic heterocycles. The highest BCUT2D eigenvalue weighted by atomic mass is 32.2. The largest absolute Gasteiger partial charge is 0.399 e. The molecule has 0 aliphatic carbocycles. The number of hydrogen-bond acceptors (Lipinski definition) is 3. The van der Waals surface area contributed by atoms with Crippen LogP contribution >= 0.6 is 0 Å². The summed E-state index contributed by atoms with van der Waals surface area (Å²) in [4.78, 5) is -0.379. The number of benzene rings is 1. The Kier molecular flexibility index (Phi) is 6.16. The molecular formula is C15H25FN2O2S. The van der Waals surface area contributed by atoms with Crippen LogP contribution in [0.2, 0.25) is 0 Å². The van der Waals surface area contributed by atoms with Crippen molar-refractivity contribution in [2.45, 2.75) is 57.9 Å². The van der Waals surface area contributed by atoms with E-state index in [0.717, 1.165) is 25.3 Å². The number of halogens is 1. The summed E-state index contributed by atoms with van der Waals surface area (Å²) < 4.78 is 41.0. The second kappa shape index (κ2) is 7.22. The van der Waals surface area contributed by atoms with Crippen molar-refractivity contribution >= 4 is 15.7 Å². The second-order valence-corrected chi connectivity index (χ2v) is 7.68. The Morgan fingerprint density at radius 3 is 2.43 bits per heavy atom. The standard InChI is InChI=1S/C15H25FN2O2S/c1-10(2)6-5-7-12(4)18-21(19,20)14-9-13(17)8-11(3)15(14)16/h8-10,12,18H,5-7,17H2,1-4H3. The summed E-state index contributed by atoms with van der Waals surface area (Å²) in [7, 11) is -3.89. The monoisotopic (exact) mass is 316 g/mol. The molecule has 4 nitrogen and oxygen atoms in total. The first kappa shape index (κ1) is 17.9. The van der Waals surface area contributed by atoms with E-state index < -0.39 is 15.8 Å². The van der Waals surface area contributed by atoms with Crippen LogP contribution in [-0.4, -0.2) is 14.5 Å². The van der Waals surface area contributed by atoms with Crippen molar-refractivity contribution in [3.63, 3.8) is 0 Å². The van der Waals surface area contributed by atoms with E-state index in [9.17, 15) is 12.8 Å². The number of anilines is 1. The van der Waals surface area contributed by atoms with E-state index in [-0.39, 0.29) is 22.2 Å². The average Bonchev–Trinajstić information content (AvgIpc) is 2.32. The van der Waals surface area contributed by atoms with Crippen LogP contribution in [0.4, 0.5) is 10.1 Å². The third kappa shape index (κ3) is 5.28. The molecule has 0 heterocycles. The molecule has 6 heteroatoms. The normalized spacial score (nSPS) is 13.6. The lowest BCUT2D eigenvalue weighted by molar-refractivity contribution is 0.486. The maximum atomic E-state index is 14.0. The number of nitrogens with two attached hydrogens (primary N) is 1. The molecular weight excluding hydrogens is 291 g/mol. The Balaban J connectivity index is 2.82. The van der Waals surface area contributed by atoms with Crippen LogP contribution in [0.5, 0.6) is 0 Å². The Morgan fingerprint density at radius 2 is 1.86 bits per heavy atom. The van der Waals surface area contributed by atoms with Crippen molar-refractivity contribution in [2.75, 3.05) is 5.73 Å². The van der Waals surface area contributed by atoms with Crippen LogP contribution in [0.25, 0.3) is 0 Å². The van der Waals surface area contributed by atoms with E-state index in [2.05, 4.69) is 18.6 Å². The molecule has 1 atom stereocenters. The first-order valence-electron chi connectivity index (χ1n) is 7.21. The number of sulfonamides is 1. The minimum Gasteiger partial charge on any atom is -0.399 e. The molecule has 0 aromatic heterocycles. The third-order valence-corrected chi connectivity index (χ3v) is 4.90. The molecule has 0 saturated carbocycles. The van der Waals surface area contributed by atoms with E-state index in [1.807, 2.05) is 0 Å². The van der Waals surface area contributed by atoms with Gasteiger partial charge in [0.1, 0.15) is 10.7 Å². The van der Waals surface area contributed by atoms with Crippen molar-refractivity contribution in [1.82, 2.24) is 4.72 Å². The lowest BCUT2D eigenvalue weighted by atomic mass is 10.0. The molecule has 1 unspecified atom stereocenters. The van der Waals surface area contributed by atoms with Gasteiger partial charge >= 0.3 is 0 Å². The molecule has 0 aliphatic rings. The molecule has 0 fully saturated rings. The summed E-state index contributed by atoms with van der Waals surface area (Å²) in [6.07, 6.45) is 2.69. The van der Waals surface area contributed by atoms with E-state index >= 15 is 0 Å². The molecule has 0 amide bonds. The van der Waals surface area contributed by atoms with Crippen molar-refractivity contribution in [3.8, 4) is 0 Å². The van der Waals surface area contributed by atoms with Crippen LogP contribution in [0.3, 0.4) is 0 Å². The van der Waals surface area contributed by atoms with Gasteiger partial charge in [0.2, 0.25) is 10.0 Å². The fraction of sp³-hybridized carbons (Fsp3) is 0.600. The van der Waals surface area contributed by atoms with Gasteiger partial charge in [0, 0.05) is 11.7 Å². The predicted molar refractivity (Wildman–Crippen MR) is 84.0 cm³/mol. The molecule has 0 bridgehead atoms. The van der Waals surface area contributed by atoms with Gasteiger partial charge in [-0.1, -0.05) is 26.7 Å². The maximum Gasteiger partial charge on any atom is 0.243 e. The van der Waals surface area contributed by atoms with Crippen LogP contribution in [-0.2, 0) is 10.0 Å². The van der Waals surface area contributed by atoms with Crippen molar-refractivity contribution in [2.24, 2.45) is 5.92 Å². The Labute approximate surface area is 127 Å². The minimum atomic E-state index is -3.89. The van der Waals surface area contributed by atoms with Crippen LogP contribution in [0.1, 0.15) is 45.6 Å². The first-order valence-corrected chi connectivity index (χ1v) is 8.69. The van der Waals surface area contributed by atoms with Gasteiger partial charge in [-0.25, -0.2) is 17.5 Å². The topological polar surface area (TPSA) is 72.2 Å². The summed E-state index contributed by atoms with van der Waals surface area (Å²) in [6, 6.07) is 2.33.